The Morgan fingerprint density at radius 2 is 1.90 bits per heavy atom. The van der Waals surface area contributed by atoms with E-state index in [0.717, 1.165) is 11.6 Å². The summed E-state index contributed by atoms with van der Waals surface area (Å²) in [6.07, 6.45) is -2.83. The first kappa shape index (κ1) is 14.9. The van der Waals surface area contributed by atoms with E-state index in [-0.39, 0.29) is 13.2 Å². The van der Waals surface area contributed by atoms with Gasteiger partial charge in [-0.1, -0.05) is 12.1 Å². The Bertz CT molecular complexity index is 626. The van der Waals surface area contributed by atoms with Crippen LogP contribution < -0.4 is 4.74 Å². The Kier molecular flexibility index (Phi) is 4.48. The predicted molar refractivity (Wildman–Crippen MR) is 68.5 cm³/mol. The largest absolute Gasteiger partial charge is 0.492 e. The van der Waals surface area contributed by atoms with Crippen molar-refractivity contribution in [3.63, 3.8) is 0 Å². The van der Waals surface area contributed by atoms with Crippen molar-refractivity contribution < 1.29 is 17.9 Å². The smallest absolute Gasteiger partial charge is 0.435 e. The molecular formula is C14H12F3N3O. The molecule has 0 atom stereocenters. The molecule has 2 aromatic rings. The SMILES string of the molecule is N#CCc1ccc(OCCn2ccc(C(F)(F)F)n2)cc1. The van der Waals surface area contributed by atoms with E-state index in [1.807, 2.05) is 6.07 Å². The second-order valence-electron chi connectivity index (χ2n) is 4.29. The van der Waals surface area contributed by atoms with Gasteiger partial charge in [-0.2, -0.15) is 23.5 Å². The number of hydrogen-bond acceptors (Lipinski definition) is 3. The lowest BCUT2D eigenvalue weighted by atomic mass is 10.2. The van der Waals surface area contributed by atoms with Crippen molar-refractivity contribution >= 4 is 0 Å². The normalized spacial score (nSPS) is 11.1. The van der Waals surface area contributed by atoms with Crippen LogP contribution in [0.4, 0.5) is 13.2 Å². The van der Waals surface area contributed by atoms with Crippen LogP contribution in [-0.4, -0.2) is 16.4 Å². The summed E-state index contributed by atoms with van der Waals surface area (Å²) < 4.78 is 43.7. The van der Waals surface area contributed by atoms with Gasteiger partial charge in [0.2, 0.25) is 0 Å². The van der Waals surface area contributed by atoms with Crippen molar-refractivity contribution in [2.24, 2.45) is 0 Å². The summed E-state index contributed by atoms with van der Waals surface area (Å²) >= 11 is 0. The van der Waals surface area contributed by atoms with Gasteiger partial charge in [-0.25, -0.2) is 0 Å². The van der Waals surface area contributed by atoms with Gasteiger partial charge in [-0.15, -0.1) is 0 Å². The zero-order valence-corrected chi connectivity index (χ0v) is 11.0. The van der Waals surface area contributed by atoms with Crippen molar-refractivity contribution in [1.29, 1.82) is 5.26 Å². The van der Waals surface area contributed by atoms with Gasteiger partial charge in [-0.3, -0.25) is 4.68 Å². The molecule has 21 heavy (non-hydrogen) atoms. The minimum absolute atomic E-state index is 0.205. The van der Waals surface area contributed by atoms with Crippen molar-refractivity contribution in [2.45, 2.75) is 19.1 Å². The number of rotatable bonds is 5. The minimum atomic E-state index is -4.43. The summed E-state index contributed by atoms with van der Waals surface area (Å²) in [5.74, 6) is 0.597. The van der Waals surface area contributed by atoms with Crippen molar-refractivity contribution in [1.82, 2.24) is 9.78 Å². The molecule has 1 aromatic heterocycles. The molecule has 0 aliphatic heterocycles. The summed E-state index contributed by atoms with van der Waals surface area (Å²) in [5.41, 5.74) is -0.0323. The monoisotopic (exact) mass is 295 g/mol. The van der Waals surface area contributed by atoms with E-state index in [4.69, 9.17) is 10.00 Å². The molecule has 0 saturated heterocycles. The highest BCUT2D eigenvalue weighted by Gasteiger charge is 2.33. The summed E-state index contributed by atoms with van der Waals surface area (Å²) in [7, 11) is 0. The van der Waals surface area contributed by atoms with Gasteiger partial charge in [0.15, 0.2) is 5.69 Å². The number of nitriles is 1. The highest BCUT2D eigenvalue weighted by Crippen LogP contribution is 2.27. The summed E-state index contributed by atoms with van der Waals surface area (Å²) in [6.45, 7) is 0.423. The first-order valence-corrected chi connectivity index (χ1v) is 6.18. The fourth-order valence-electron chi connectivity index (χ4n) is 1.69. The topological polar surface area (TPSA) is 50.8 Å². The number of alkyl halides is 3. The van der Waals surface area contributed by atoms with Crippen molar-refractivity contribution in [3.8, 4) is 11.8 Å². The van der Waals surface area contributed by atoms with Gasteiger partial charge in [0.05, 0.1) is 19.0 Å². The molecule has 4 nitrogen and oxygen atoms in total. The number of nitrogens with zero attached hydrogens (tertiary/aromatic N) is 3. The zero-order chi connectivity index (χ0) is 15.3. The Hall–Kier alpha value is -2.49. The first-order valence-electron chi connectivity index (χ1n) is 6.18. The lowest BCUT2D eigenvalue weighted by molar-refractivity contribution is -0.141. The molecule has 7 heteroatoms. The molecule has 0 spiro atoms. The average molecular weight is 295 g/mol. The maximum atomic E-state index is 12.4. The third kappa shape index (κ3) is 4.24. The van der Waals surface area contributed by atoms with Gasteiger partial charge in [0, 0.05) is 6.20 Å². The van der Waals surface area contributed by atoms with E-state index in [1.165, 1.54) is 10.9 Å². The average Bonchev–Trinajstić information content (AvgIpc) is 2.90. The van der Waals surface area contributed by atoms with Gasteiger partial charge in [-0.05, 0) is 23.8 Å². The first-order chi connectivity index (χ1) is 9.99. The lowest BCUT2D eigenvalue weighted by Gasteiger charge is -2.07. The highest BCUT2D eigenvalue weighted by molar-refractivity contribution is 5.28. The summed E-state index contributed by atoms with van der Waals surface area (Å²) in [5, 5.41) is 12.0. The summed E-state index contributed by atoms with van der Waals surface area (Å²) in [4.78, 5) is 0. The van der Waals surface area contributed by atoms with Crippen LogP contribution in [0, 0.1) is 11.3 Å². The molecule has 0 saturated carbocycles. The maximum absolute atomic E-state index is 12.4. The molecule has 0 radical (unpaired) electrons. The molecule has 0 aliphatic rings. The molecule has 0 aliphatic carbocycles. The molecule has 0 bridgehead atoms. The number of aromatic nitrogens is 2. The van der Waals surface area contributed by atoms with Crippen molar-refractivity contribution in [2.75, 3.05) is 6.61 Å². The van der Waals surface area contributed by atoms with Crippen LogP contribution in [0.2, 0.25) is 0 Å². The van der Waals surface area contributed by atoms with Gasteiger partial charge >= 0.3 is 6.18 Å². The zero-order valence-electron chi connectivity index (χ0n) is 11.0. The van der Waals surface area contributed by atoms with Crippen LogP contribution in [-0.2, 0) is 19.1 Å². The second kappa shape index (κ2) is 6.31. The highest BCUT2D eigenvalue weighted by atomic mass is 19.4. The Labute approximate surface area is 119 Å². The standard InChI is InChI=1S/C14H12F3N3O/c15-14(16,17)13-6-8-20(19-13)9-10-21-12-3-1-11(2-4-12)5-7-18/h1-4,6,8H,5,9-10H2. The van der Waals surface area contributed by atoms with Crippen LogP contribution in [0.5, 0.6) is 5.75 Å². The Morgan fingerprint density at radius 3 is 2.48 bits per heavy atom. The van der Waals surface area contributed by atoms with Crippen LogP contribution in [0.1, 0.15) is 11.3 Å². The summed E-state index contributed by atoms with van der Waals surface area (Å²) in [6, 6.07) is 9.95. The van der Waals surface area contributed by atoms with Gasteiger partial charge in [0.1, 0.15) is 12.4 Å². The fourth-order valence-corrected chi connectivity index (χ4v) is 1.69. The predicted octanol–water partition coefficient (Wildman–Crippen LogP) is 3.05. The molecule has 0 amide bonds. The van der Waals surface area contributed by atoms with Crippen LogP contribution in [0.15, 0.2) is 36.5 Å². The molecule has 2 rings (SSSR count). The lowest BCUT2D eigenvalue weighted by Crippen LogP contribution is -2.11. The molecule has 110 valence electrons. The molecular weight excluding hydrogens is 283 g/mol. The third-order valence-electron chi connectivity index (χ3n) is 2.73. The van der Waals surface area contributed by atoms with Gasteiger partial charge < -0.3 is 4.74 Å². The van der Waals surface area contributed by atoms with Crippen LogP contribution >= 0.6 is 0 Å². The molecule has 0 fully saturated rings. The van der Waals surface area contributed by atoms with E-state index >= 15 is 0 Å². The number of benzene rings is 1. The number of ether oxygens (including phenoxy) is 1. The second-order valence-corrected chi connectivity index (χ2v) is 4.29. The van der Waals surface area contributed by atoms with E-state index in [1.54, 1.807) is 24.3 Å². The molecule has 1 aromatic carbocycles. The van der Waals surface area contributed by atoms with Crippen LogP contribution in [0.25, 0.3) is 0 Å². The quantitative estimate of drug-likeness (QED) is 0.852. The minimum Gasteiger partial charge on any atom is -0.492 e. The molecule has 1 heterocycles. The molecule has 0 unspecified atom stereocenters. The fraction of sp³-hybridized carbons (Fsp3) is 0.286. The maximum Gasteiger partial charge on any atom is 0.435 e. The third-order valence-corrected chi connectivity index (χ3v) is 2.73. The van der Waals surface area contributed by atoms with E-state index < -0.39 is 11.9 Å². The Morgan fingerprint density at radius 1 is 1.19 bits per heavy atom. The van der Waals surface area contributed by atoms with E-state index in [9.17, 15) is 13.2 Å². The Balaban J connectivity index is 1.84. The van der Waals surface area contributed by atoms with Crippen molar-refractivity contribution in [3.05, 3.63) is 47.8 Å². The van der Waals surface area contributed by atoms with E-state index in [2.05, 4.69) is 5.10 Å². The van der Waals surface area contributed by atoms with E-state index in [0.29, 0.717) is 12.2 Å². The number of hydrogen-bond donors (Lipinski definition) is 0. The number of halogens is 3. The molecule has 0 N–H and O–H groups in total. The van der Waals surface area contributed by atoms with Crippen LogP contribution in [0.3, 0.4) is 0 Å². The van der Waals surface area contributed by atoms with Gasteiger partial charge in [0.25, 0.3) is 0 Å².